The molecule has 88 valence electrons. The second-order valence-electron chi connectivity index (χ2n) is 4.03. The van der Waals surface area contributed by atoms with Crippen LogP contribution in [0, 0.1) is 0 Å². The van der Waals surface area contributed by atoms with Gasteiger partial charge < -0.3 is 10.6 Å². The lowest BCUT2D eigenvalue weighted by Crippen LogP contribution is -2.17. The molecule has 5 heteroatoms. The highest BCUT2D eigenvalue weighted by Crippen LogP contribution is 2.29. The van der Waals surface area contributed by atoms with E-state index in [1.165, 1.54) is 19.3 Å². The summed E-state index contributed by atoms with van der Waals surface area (Å²) in [7, 11) is 1.83. The number of nitrogens with one attached hydrogen (secondary N) is 2. The molecule has 2 atom stereocenters. The van der Waals surface area contributed by atoms with Gasteiger partial charge in [-0.1, -0.05) is 0 Å². The number of nitrogens with zero attached hydrogens (tertiary/aromatic N) is 2. The van der Waals surface area contributed by atoms with E-state index in [1.807, 2.05) is 24.9 Å². The molecule has 16 heavy (non-hydrogen) atoms. The fraction of sp³-hybridized carbons (Fsp3) is 0.636. The Kier molecular flexibility index (Phi) is 3.88. The molecule has 0 aliphatic heterocycles. The van der Waals surface area contributed by atoms with Crippen molar-refractivity contribution in [1.29, 1.82) is 0 Å². The minimum Gasteiger partial charge on any atom is -0.367 e. The lowest BCUT2D eigenvalue weighted by molar-refractivity contribution is 0.751. The van der Waals surface area contributed by atoms with Gasteiger partial charge in [0.05, 0.1) is 0 Å². The lowest BCUT2D eigenvalue weighted by atomic mass is 10.2. The number of rotatable bonds is 4. The zero-order valence-corrected chi connectivity index (χ0v) is 10.5. The minimum atomic E-state index is 0.567. The highest BCUT2D eigenvalue weighted by Gasteiger charge is 2.23. The van der Waals surface area contributed by atoms with Crippen molar-refractivity contribution in [3.05, 3.63) is 12.3 Å². The maximum Gasteiger partial charge on any atom is 0.224 e. The molecule has 0 radical (unpaired) electrons. The Morgan fingerprint density at radius 3 is 3.00 bits per heavy atom. The average Bonchev–Trinajstić information content (AvgIpc) is 2.77. The van der Waals surface area contributed by atoms with Crippen LogP contribution in [0.15, 0.2) is 12.3 Å². The second-order valence-corrected chi connectivity index (χ2v) is 5.17. The van der Waals surface area contributed by atoms with Crippen molar-refractivity contribution in [2.45, 2.75) is 30.6 Å². The first-order chi connectivity index (χ1) is 7.81. The van der Waals surface area contributed by atoms with Gasteiger partial charge in [0.1, 0.15) is 5.82 Å². The first-order valence-electron chi connectivity index (χ1n) is 5.62. The molecule has 1 aliphatic carbocycles. The number of hydrogen-bond acceptors (Lipinski definition) is 5. The molecule has 1 fully saturated rings. The van der Waals surface area contributed by atoms with Crippen molar-refractivity contribution in [3.8, 4) is 0 Å². The van der Waals surface area contributed by atoms with E-state index in [4.69, 9.17) is 0 Å². The van der Waals surface area contributed by atoms with Crippen LogP contribution in [0.3, 0.4) is 0 Å². The summed E-state index contributed by atoms with van der Waals surface area (Å²) < 4.78 is 0. The van der Waals surface area contributed by atoms with Crippen LogP contribution in [0.5, 0.6) is 0 Å². The standard InChI is InChI=1S/C11H18N4S/c1-12-11-13-6-5-10(15-11)14-8-3-4-9(7-8)16-2/h5-6,8-9H,3-4,7H2,1-2H3,(H2,12,13,14,15). The largest absolute Gasteiger partial charge is 0.367 e. The predicted molar refractivity (Wildman–Crippen MR) is 70.1 cm³/mol. The molecular formula is C11H18N4S. The molecular weight excluding hydrogens is 220 g/mol. The number of thioether (sulfide) groups is 1. The third kappa shape index (κ3) is 2.78. The molecule has 0 spiro atoms. The first kappa shape index (κ1) is 11.5. The zero-order chi connectivity index (χ0) is 11.4. The summed E-state index contributed by atoms with van der Waals surface area (Å²) in [5.41, 5.74) is 0. The minimum absolute atomic E-state index is 0.567. The molecule has 2 rings (SSSR count). The van der Waals surface area contributed by atoms with Gasteiger partial charge in [0, 0.05) is 24.5 Å². The summed E-state index contributed by atoms with van der Waals surface area (Å²) in [5, 5.41) is 7.23. The Morgan fingerprint density at radius 1 is 1.44 bits per heavy atom. The molecule has 0 amide bonds. The highest BCUT2D eigenvalue weighted by molar-refractivity contribution is 7.99. The number of anilines is 2. The highest BCUT2D eigenvalue weighted by atomic mass is 32.2. The molecule has 2 unspecified atom stereocenters. The fourth-order valence-corrected chi connectivity index (χ4v) is 2.85. The first-order valence-corrected chi connectivity index (χ1v) is 6.90. The van der Waals surface area contributed by atoms with Crippen LogP contribution >= 0.6 is 11.8 Å². The van der Waals surface area contributed by atoms with E-state index in [0.29, 0.717) is 12.0 Å². The summed E-state index contributed by atoms with van der Waals surface area (Å²) in [4.78, 5) is 8.46. The fourth-order valence-electron chi connectivity index (χ4n) is 2.05. The quantitative estimate of drug-likeness (QED) is 0.842. The number of hydrogen-bond donors (Lipinski definition) is 2. The van der Waals surface area contributed by atoms with Crippen LogP contribution in [0.1, 0.15) is 19.3 Å². The monoisotopic (exact) mass is 238 g/mol. The van der Waals surface area contributed by atoms with Gasteiger partial charge in [-0.05, 0) is 31.6 Å². The van der Waals surface area contributed by atoms with Crippen molar-refractivity contribution in [3.63, 3.8) is 0 Å². The van der Waals surface area contributed by atoms with Gasteiger partial charge in [0.15, 0.2) is 0 Å². The second kappa shape index (κ2) is 5.39. The molecule has 1 aliphatic rings. The normalized spacial score (nSPS) is 24.4. The van der Waals surface area contributed by atoms with E-state index >= 15 is 0 Å². The van der Waals surface area contributed by atoms with Crippen LogP contribution < -0.4 is 10.6 Å². The summed E-state index contributed by atoms with van der Waals surface area (Å²) in [6, 6.07) is 2.49. The molecule has 1 heterocycles. The molecule has 4 nitrogen and oxygen atoms in total. The van der Waals surface area contributed by atoms with E-state index < -0.39 is 0 Å². The van der Waals surface area contributed by atoms with Crippen LogP contribution in [0.25, 0.3) is 0 Å². The Balaban J connectivity index is 1.94. The van der Waals surface area contributed by atoms with Crippen LogP contribution in [0.2, 0.25) is 0 Å². The molecule has 0 bridgehead atoms. The van der Waals surface area contributed by atoms with E-state index in [0.717, 1.165) is 11.1 Å². The molecule has 1 aromatic heterocycles. The summed E-state index contributed by atoms with van der Waals surface area (Å²) in [6.07, 6.45) is 7.76. The van der Waals surface area contributed by atoms with E-state index in [1.54, 1.807) is 6.20 Å². The van der Waals surface area contributed by atoms with Gasteiger partial charge in [-0.25, -0.2) is 4.98 Å². The van der Waals surface area contributed by atoms with Gasteiger partial charge in [-0.2, -0.15) is 16.7 Å². The average molecular weight is 238 g/mol. The van der Waals surface area contributed by atoms with E-state index in [9.17, 15) is 0 Å². The Hall–Kier alpha value is -0.970. The molecule has 2 N–H and O–H groups in total. The maximum absolute atomic E-state index is 4.37. The smallest absolute Gasteiger partial charge is 0.224 e. The molecule has 0 saturated heterocycles. The van der Waals surface area contributed by atoms with Crippen molar-refractivity contribution >= 4 is 23.5 Å². The van der Waals surface area contributed by atoms with Crippen LogP contribution in [-0.4, -0.2) is 34.6 Å². The van der Waals surface area contributed by atoms with E-state index in [2.05, 4.69) is 26.9 Å². The third-order valence-corrected chi connectivity index (χ3v) is 4.04. The SMILES string of the molecule is CNc1nccc(NC2CCC(SC)C2)n1. The van der Waals surface area contributed by atoms with Gasteiger partial charge in [0.2, 0.25) is 5.95 Å². The van der Waals surface area contributed by atoms with Crippen molar-refractivity contribution in [2.75, 3.05) is 23.9 Å². The van der Waals surface area contributed by atoms with Gasteiger partial charge in [0.25, 0.3) is 0 Å². The predicted octanol–water partition coefficient (Wildman–Crippen LogP) is 2.21. The van der Waals surface area contributed by atoms with Crippen molar-refractivity contribution in [1.82, 2.24) is 9.97 Å². The topological polar surface area (TPSA) is 49.8 Å². The van der Waals surface area contributed by atoms with Crippen LogP contribution in [0.4, 0.5) is 11.8 Å². The summed E-state index contributed by atoms with van der Waals surface area (Å²) in [5.74, 6) is 1.59. The van der Waals surface area contributed by atoms with Gasteiger partial charge in [-0.15, -0.1) is 0 Å². The summed E-state index contributed by atoms with van der Waals surface area (Å²) >= 11 is 1.97. The molecule has 1 saturated carbocycles. The third-order valence-electron chi connectivity index (χ3n) is 2.95. The summed E-state index contributed by atoms with van der Waals surface area (Å²) in [6.45, 7) is 0. The van der Waals surface area contributed by atoms with E-state index in [-0.39, 0.29) is 0 Å². The van der Waals surface area contributed by atoms with Crippen LogP contribution in [-0.2, 0) is 0 Å². The molecule has 0 aromatic carbocycles. The van der Waals surface area contributed by atoms with Crippen molar-refractivity contribution in [2.24, 2.45) is 0 Å². The zero-order valence-electron chi connectivity index (χ0n) is 9.73. The molecule has 1 aromatic rings. The Bertz CT molecular complexity index is 345. The Labute approximate surface area is 101 Å². The Morgan fingerprint density at radius 2 is 2.31 bits per heavy atom. The van der Waals surface area contributed by atoms with Crippen molar-refractivity contribution < 1.29 is 0 Å². The number of aromatic nitrogens is 2. The van der Waals surface area contributed by atoms with Gasteiger partial charge >= 0.3 is 0 Å². The lowest BCUT2D eigenvalue weighted by Gasteiger charge is -2.13. The maximum atomic E-state index is 4.37. The van der Waals surface area contributed by atoms with Gasteiger partial charge in [-0.3, -0.25) is 0 Å².